The van der Waals surface area contributed by atoms with Crippen LogP contribution < -0.4 is 0 Å². The van der Waals surface area contributed by atoms with Crippen molar-refractivity contribution in [3.63, 3.8) is 0 Å². The van der Waals surface area contributed by atoms with Gasteiger partial charge in [0.1, 0.15) is 5.41 Å². The predicted molar refractivity (Wildman–Crippen MR) is 36.2 cm³/mol. The molecule has 0 saturated carbocycles. The number of amides is 2. The van der Waals surface area contributed by atoms with E-state index in [1.807, 2.05) is 0 Å². The SMILES string of the molecule is CCN1C(=O)C(C)(C)C1=O. The van der Waals surface area contributed by atoms with E-state index in [0.717, 1.165) is 0 Å². The van der Waals surface area contributed by atoms with E-state index in [1.54, 1.807) is 20.8 Å². The molecule has 0 spiro atoms. The van der Waals surface area contributed by atoms with Gasteiger partial charge in [-0.05, 0) is 20.8 Å². The molecule has 0 unspecified atom stereocenters. The first-order valence-corrected chi connectivity index (χ1v) is 3.38. The predicted octanol–water partition coefficient (Wildman–Crippen LogP) is 0.401. The molecule has 1 heterocycles. The summed E-state index contributed by atoms with van der Waals surface area (Å²) in [5, 5.41) is 0. The summed E-state index contributed by atoms with van der Waals surface area (Å²) in [7, 11) is 0. The summed E-state index contributed by atoms with van der Waals surface area (Å²) in [6.07, 6.45) is 0. The van der Waals surface area contributed by atoms with Crippen molar-refractivity contribution in [2.75, 3.05) is 6.54 Å². The molecule has 0 aromatic rings. The van der Waals surface area contributed by atoms with Crippen molar-refractivity contribution in [1.82, 2.24) is 4.90 Å². The van der Waals surface area contributed by atoms with Gasteiger partial charge >= 0.3 is 0 Å². The van der Waals surface area contributed by atoms with Crippen LogP contribution in [-0.4, -0.2) is 23.3 Å². The third-order valence-electron chi connectivity index (χ3n) is 1.88. The molecule has 56 valence electrons. The van der Waals surface area contributed by atoms with Gasteiger partial charge in [0.05, 0.1) is 0 Å². The molecule has 0 N–H and O–H groups in total. The molecule has 0 bridgehead atoms. The first-order valence-electron chi connectivity index (χ1n) is 3.38. The number of nitrogens with zero attached hydrogens (tertiary/aromatic N) is 1. The largest absolute Gasteiger partial charge is 0.281 e. The Labute approximate surface area is 60.0 Å². The number of hydrogen-bond acceptors (Lipinski definition) is 2. The quantitative estimate of drug-likeness (QED) is 0.391. The Hall–Kier alpha value is -0.860. The topological polar surface area (TPSA) is 37.4 Å². The smallest absolute Gasteiger partial charge is 0.244 e. The highest BCUT2D eigenvalue weighted by Gasteiger charge is 2.52. The molecule has 1 fully saturated rings. The van der Waals surface area contributed by atoms with Crippen molar-refractivity contribution in [2.45, 2.75) is 20.8 Å². The van der Waals surface area contributed by atoms with Crippen molar-refractivity contribution in [1.29, 1.82) is 0 Å². The van der Waals surface area contributed by atoms with E-state index < -0.39 is 5.41 Å². The first kappa shape index (κ1) is 7.25. The van der Waals surface area contributed by atoms with E-state index in [-0.39, 0.29) is 11.8 Å². The average Bonchev–Trinajstić information content (AvgIpc) is 1.89. The van der Waals surface area contributed by atoms with Gasteiger partial charge in [0.15, 0.2) is 0 Å². The van der Waals surface area contributed by atoms with Gasteiger partial charge in [-0.15, -0.1) is 0 Å². The van der Waals surface area contributed by atoms with E-state index >= 15 is 0 Å². The van der Waals surface area contributed by atoms with Gasteiger partial charge in [-0.3, -0.25) is 14.5 Å². The van der Waals surface area contributed by atoms with E-state index in [4.69, 9.17) is 0 Å². The van der Waals surface area contributed by atoms with Gasteiger partial charge in [-0.2, -0.15) is 0 Å². The zero-order chi connectivity index (χ0) is 7.94. The molecule has 0 aliphatic carbocycles. The number of carbonyl (C=O) groups excluding carboxylic acids is 2. The van der Waals surface area contributed by atoms with Crippen LogP contribution in [0, 0.1) is 5.41 Å². The summed E-state index contributed by atoms with van der Waals surface area (Å²) in [6, 6.07) is 0. The monoisotopic (exact) mass is 141 g/mol. The van der Waals surface area contributed by atoms with Crippen molar-refractivity contribution in [2.24, 2.45) is 5.41 Å². The highest BCUT2D eigenvalue weighted by molar-refractivity contribution is 6.20. The van der Waals surface area contributed by atoms with Gasteiger partial charge < -0.3 is 0 Å². The fourth-order valence-electron chi connectivity index (χ4n) is 1.09. The number of carbonyl (C=O) groups is 2. The maximum atomic E-state index is 11.0. The van der Waals surface area contributed by atoms with Crippen LogP contribution in [0.15, 0.2) is 0 Å². The lowest BCUT2D eigenvalue weighted by Crippen LogP contribution is -2.63. The van der Waals surface area contributed by atoms with Crippen LogP contribution in [0.3, 0.4) is 0 Å². The number of β-lactam (4-membered cyclic amide) rings is 2. The lowest BCUT2D eigenvalue weighted by Gasteiger charge is -2.41. The average molecular weight is 141 g/mol. The molecule has 10 heavy (non-hydrogen) atoms. The summed E-state index contributed by atoms with van der Waals surface area (Å²) in [4.78, 5) is 23.3. The Morgan fingerprint density at radius 2 is 1.70 bits per heavy atom. The van der Waals surface area contributed by atoms with Crippen molar-refractivity contribution in [3.05, 3.63) is 0 Å². The molecule has 0 radical (unpaired) electrons. The molecule has 0 aromatic carbocycles. The highest BCUT2D eigenvalue weighted by Crippen LogP contribution is 2.31. The maximum absolute atomic E-state index is 11.0. The zero-order valence-corrected chi connectivity index (χ0v) is 6.47. The normalized spacial score (nSPS) is 22.9. The van der Waals surface area contributed by atoms with E-state index in [1.165, 1.54) is 4.90 Å². The Morgan fingerprint density at radius 1 is 1.30 bits per heavy atom. The van der Waals surface area contributed by atoms with Gasteiger partial charge in [0, 0.05) is 6.54 Å². The molecular weight excluding hydrogens is 130 g/mol. The minimum atomic E-state index is -0.740. The zero-order valence-electron chi connectivity index (χ0n) is 6.47. The molecule has 1 rings (SSSR count). The second-order valence-electron chi connectivity index (χ2n) is 2.98. The van der Waals surface area contributed by atoms with Gasteiger partial charge in [-0.25, -0.2) is 0 Å². The Bertz CT molecular complexity index is 178. The third-order valence-corrected chi connectivity index (χ3v) is 1.88. The van der Waals surface area contributed by atoms with Crippen molar-refractivity contribution >= 4 is 11.8 Å². The summed E-state index contributed by atoms with van der Waals surface area (Å²) < 4.78 is 0. The maximum Gasteiger partial charge on any atom is 0.244 e. The highest BCUT2D eigenvalue weighted by atomic mass is 16.2. The minimum absolute atomic E-state index is 0.0556. The molecule has 1 saturated heterocycles. The standard InChI is InChI=1S/C7H11NO2/c1-4-8-5(9)7(2,3)6(8)10/h4H2,1-3H3. The summed E-state index contributed by atoms with van der Waals surface area (Å²) >= 11 is 0. The second-order valence-corrected chi connectivity index (χ2v) is 2.98. The fourth-order valence-corrected chi connectivity index (χ4v) is 1.09. The van der Waals surface area contributed by atoms with Crippen LogP contribution >= 0.6 is 0 Å². The van der Waals surface area contributed by atoms with Crippen LogP contribution in [0.2, 0.25) is 0 Å². The second kappa shape index (κ2) is 1.81. The van der Waals surface area contributed by atoms with E-state index in [2.05, 4.69) is 0 Å². The molecule has 2 amide bonds. The van der Waals surface area contributed by atoms with Crippen molar-refractivity contribution in [3.8, 4) is 0 Å². The molecule has 1 aliphatic heterocycles. The fraction of sp³-hybridized carbons (Fsp3) is 0.714. The van der Waals surface area contributed by atoms with Crippen molar-refractivity contribution < 1.29 is 9.59 Å². The molecule has 3 nitrogen and oxygen atoms in total. The molecule has 1 aliphatic rings. The number of likely N-dealkylation sites (tertiary alicyclic amines) is 1. The van der Waals surface area contributed by atoms with Crippen LogP contribution in [0.1, 0.15) is 20.8 Å². The summed E-state index contributed by atoms with van der Waals surface area (Å²) in [5.41, 5.74) is -0.740. The Balaban J connectivity index is 2.78. The van der Waals surface area contributed by atoms with Crippen LogP contribution in [0.25, 0.3) is 0 Å². The lowest BCUT2D eigenvalue weighted by atomic mass is 9.82. The summed E-state index contributed by atoms with van der Waals surface area (Å²) in [6.45, 7) is 5.61. The third kappa shape index (κ3) is 0.602. The summed E-state index contributed by atoms with van der Waals surface area (Å²) in [5.74, 6) is -0.111. The number of imide groups is 1. The lowest BCUT2D eigenvalue weighted by molar-refractivity contribution is -0.173. The van der Waals surface area contributed by atoms with Crippen LogP contribution in [-0.2, 0) is 9.59 Å². The minimum Gasteiger partial charge on any atom is -0.281 e. The first-order chi connectivity index (χ1) is 4.51. The van der Waals surface area contributed by atoms with Gasteiger partial charge in [0.2, 0.25) is 11.8 Å². The molecular formula is C7H11NO2. The molecule has 0 atom stereocenters. The van der Waals surface area contributed by atoms with Gasteiger partial charge in [0.25, 0.3) is 0 Å². The van der Waals surface area contributed by atoms with Crippen LogP contribution in [0.5, 0.6) is 0 Å². The Morgan fingerprint density at radius 3 is 1.90 bits per heavy atom. The number of rotatable bonds is 1. The number of hydrogen-bond donors (Lipinski definition) is 0. The molecule has 0 aromatic heterocycles. The Kier molecular flexibility index (Phi) is 1.31. The molecule has 3 heteroatoms. The van der Waals surface area contributed by atoms with E-state index in [0.29, 0.717) is 6.54 Å². The van der Waals surface area contributed by atoms with Crippen LogP contribution in [0.4, 0.5) is 0 Å². The van der Waals surface area contributed by atoms with Gasteiger partial charge in [-0.1, -0.05) is 0 Å². The van der Waals surface area contributed by atoms with E-state index in [9.17, 15) is 9.59 Å².